The van der Waals surface area contributed by atoms with Gasteiger partial charge < -0.3 is 10.1 Å². The summed E-state index contributed by atoms with van der Waals surface area (Å²) in [5, 5.41) is 6.80. The number of rotatable bonds is 5. The van der Waals surface area contributed by atoms with Gasteiger partial charge in [0, 0.05) is 31.1 Å². The van der Waals surface area contributed by atoms with Gasteiger partial charge in [0.05, 0.1) is 5.69 Å². The Morgan fingerprint density at radius 1 is 1.39 bits per heavy atom. The molecule has 0 saturated carbocycles. The third-order valence-electron chi connectivity index (χ3n) is 3.74. The lowest BCUT2D eigenvalue weighted by atomic mass is 10.1. The molecule has 7 nitrogen and oxygen atoms in total. The van der Waals surface area contributed by atoms with Crippen molar-refractivity contribution in [2.24, 2.45) is 0 Å². The van der Waals surface area contributed by atoms with Crippen LogP contribution in [0.15, 0.2) is 12.4 Å². The molecule has 1 saturated heterocycles. The van der Waals surface area contributed by atoms with E-state index < -0.39 is 0 Å². The highest BCUT2D eigenvalue weighted by Crippen LogP contribution is 2.24. The quantitative estimate of drug-likeness (QED) is 0.901. The molecule has 1 N–H and O–H groups in total. The summed E-state index contributed by atoms with van der Waals surface area (Å²) in [7, 11) is 0. The van der Waals surface area contributed by atoms with Crippen molar-refractivity contribution in [2.45, 2.75) is 45.3 Å². The van der Waals surface area contributed by atoms with Gasteiger partial charge in [0.1, 0.15) is 11.0 Å². The Bertz CT molecular complexity index is 652. The summed E-state index contributed by atoms with van der Waals surface area (Å²) >= 11 is 1.12. The first-order valence-corrected chi connectivity index (χ1v) is 8.57. The van der Waals surface area contributed by atoms with Gasteiger partial charge in [0.2, 0.25) is 0 Å². The number of nitrogens with one attached hydrogen (secondary N) is 1. The molecule has 1 atom stereocenters. The summed E-state index contributed by atoms with van der Waals surface area (Å²) in [6.07, 6.45) is 7.40. The number of nitrogens with zero attached hydrogens (tertiary/aromatic N) is 4. The normalized spacial score (nSPS) is 17.9. The molecule has 3 heterocycles. The molecule has 0 spiro atoms. The SMILES string of the molecule is CCc1nnsc1C(=O)NCc1cnc([C@H]2CCCCO2)nc1. The molecule has 0 aliphatic carbocycles. The number of hydrogen-bond acceptors (Lipinski definition) is 7. The summed E-state index contributed by atoms with van der Waals surface area (Å²) in [5.41, 5.74) is 1.59. The molecular formula is C15H19N5O2S. The standard InChI is InChI=1S/C15H19N5O2S/c1-2-11-13(23-20-19-11)15(21)18-9-10-7-16-14(17-8-10)12-5-3-4-6-22-12/h7-8,12H,2-6,9H2,1H3,(H,18,21)/t12-/m1/s1. The van der Waals surface area contributed by atoms with Crippen LogP contribution in [0.1, 0.15) is 59.0 Å². The highest BCUT2D eigenvalue weighted by atomic mass is 32.1. The first-order valence-electron chi connectivity index (χ1n) is 7.79. The maximum atomic E-state index is 12.1. The van der Waals surface area contributed by atoms with Crippen LogP contribution in [-0.2, 0) is 17.7 Å². The molecule has 0 aromatic carbocycles. The lowest BCUT2D eigenvalue weighted by Crippen LogP contribution is -2.23. The fourth-order valence-corrected chi connectivity index (χ4v) is 3.11. The number of ether oxygens (including phenoxy) is 1. The summed E-state index contributed by atoms with van der Waals surface area (Å²) in [6.45, 7) is 3.10. The second kappa shape index (κ2) is 7.56. The molecule has 1 fully saturated rings. The number of aromatic nitrogens is 4. The van der Waals surface area contributed by atoms with Gasteiger partial charge in [-0.25, -0.2) is 9.97 Å². The van der Waals surface area contributed by atoms with Crippen molar-refractivity contribution >= 4 is 17.4 Å². The van der Waals surface area contributed by atoms with Gasteiger partial charge in [-0.05, 0) is 37.2 Å². The van der Waals surface area contributed by atoms with Crippen molar-refractivity contribution in [1.29, 1.82) is 0 Å². The largest absolute Gasteiger partial charge is 0.370 e. The van der Waals surface area contributed by atoms with Gasteiger partial charge in [-0.15, -0.1) is 5.10 Å². The summed E-state index contributed by atoms with van der Waals surface area (Å²) in [6, 6.07) is 0. The van der Waals surface area contributed by atoms with E-state index in [1.165, 1.54) is 0 Å². The molecule has 8 heteroatoms. The van der Waals surface area contributed by atoms with E-state index in [0.717, 1.165) is 54.5 Å². The number of carbonyl (C=O) groups is 1. The van der Waals surface area contributed by atoms with Gasteiger partial charge >= 0.3 is 0 Å². The van der Waals surface area contributed by atoms with E-state index in [-0.39, 0.29) is 12.0 Å². The zero-order valence-electron chi connectivity index (χ0n) is 13.0. The summed E-state index contributed by atoms with van der Waals surface area (Å²) < 4.78 is 9.49. The van der Waals surface area contributed by atoms with Gasteiger partial charge in [-0.1, -0.05) is 11.4 Å². The number of aryl methyl sites for hydroxylation is 1. The summed E-state index contributed by atoms with van der Waals surface area (Å²) in [5.74, 6) is 0.566. The van der Waals surface area contributed by atoms with Gasteiger partial charge in [0.15, 0.2) is 5.82 Å². The van der Waals surface area contributed by atoms with Crippen LogP contribution in [-0.4, -0.2) is 32.1 Å². The van der Waals surface area contributed by atoms with Crippen molar-refractivity contribution in [3.63, 3.8) is 0 Å². The smallest absolute Gasteiger partial charge is 0.265 e. The van der Waals surface area contributed by atoms with Crippen molar-refractivity contribution in [2.75, 3.05) is 6.61 Å². The van der Waals surface area contributed by atoms with E-state index in [1.54, 1.807) is 12.4 Å². The molecule has 3 rings (SSSR count). The minimum absolute atomic E-state index is 0.00257. The Morgan fingerprint density at radius 3 is 2.91 bits per heavy atom. The first kappa shape index (κ1) is 15.9. The fraction of sp³-hybridized carbons (Fsp3) is 0.533. The average Bonchev–Trinajstić information content (AvgIpc) is 3.10. The molecule has 1 aliphatic heterocycles. The van der Waals surface area contributed by atoms with Gasteiger partial charge in [-0.2, -0.15) is 0 Å². The van der Waals surface area contributed by atoms with Crippen LogP contribution in [0.25, 0.3) is 0 Å². The van der Waals surface area contributed by atoms with Gasteiger partial charge in [-0.3, -0.25) is 4.79 Å². The van der Waals surface area contributed by atoms with Crippen LogP contribution in [0.4, 0.5) is 0 Å². The Balaban J connectivity index is 1.57. The minimum atomic E-state index is -0.156. The van der Waals surface area contributed by atoms with E-state index in [0.29, 0.717) is 17.8 Å². The predicted octanol–water partition coefficient (Wildman–Crippen LogP) is 2.06. The first-order chi connectivity index (χ1) is 11.3. The third-order valence-corrected chi connectivity index (χ3v) is 4.51. The maximum Gasteiger partial charge on any atom is 0.265 e. The van der Waals surface area contributed by atoms with Crippen molar-refractivity contribution in [3.05, 3.63) is 34.4 Å². The molecular weight excluding hydrogens is 314 g/mol. The molecule has 2 aromatic rings. The zero-order chi connectivity index (χ0) is 16.1. The number of amides is 1. The molecule has 122 valence electrons. The number of hydrogen-bond donors (Lipinski definition) is 1. The van der Waals surface area contributed by atoms with Crippen molar-refractivity contribution < 1.29 is 9.53 Å². The molecule has 0 unspecified atom stereocenters. The van der Waals surface area contributed by atoms with E-state index in [4.69, 9.17) is 4.74 Å². The van der Waals surface area contributed by atoms with E-state index in [1.807, 2.05) is 6.92 Å². The topological polar surface area (TPSA) is 89.9 Å². The van der Waals surface area contributed by atoms with Gasteiger partial charge in [0.25, 0.3) is 5.91 Å². The summed E-state index contributed by atoms with van der Waals surface area (Å²) in [4.78, 5) is 21.4. The highest BCUT2D eigenvalue weighted by molar-refractivity contribution is 7.08. The van der Waals surface area contributed by atoms with Crippen LogP contribution >= 0.6 is 11.5 Å². The Morgan fingerprint density at radius 2 is 2.22 bits per heavy atom. The monoisotopic (exact) mass is 333 g/mol. The Kier molecular flexibility index (Phi) is 5.24. The molecule has 23 heavy (non-hydrogen) atoms. The van der Waals surface area contributed by atoms with Crippen LogP contribution < -0.4 is 5.32 Å². The predicted molar refractivity (Wildman–Crippen MR) is 85.0 cm³/mol. The molecule has 0 bridgehead atoms. The van der Waals surface area contributed by atoms with Crippen LogP contribution in [0.2, 0.25) is 0 Å². The van der Waals surface area contributed by atoms with Crippen LogP contribution in [0.3, 0.4) is 0 Å². The van der Waals surface area contributed by atoms with Crippen LogP contribution in [0, 0.1) is 0 Å². The molecule has 2 aromatic heterocycles. The lowest BCUT2D eigenvalue weighted by Gasteiger charge is -2.21. The Hall–Kier alpha value is -1.93. The molecule has 1 amide bonds. The Labute approximate surface area is 138 Å². The molecule has 1 aliphatic rings. The third kappa shape index (κ3) is 3.89. The van der Waals surface area contributed by atoms with Crippen molar-refractivity contribution in [1.82, 2.24) is 24.9 Å². The van der Waals surface area contributed by atoms with E-state index >= 15 is 0 Å². The lowest BCUT2D eigenvalue weighted by molar-refractivity contribution is 0.00940. The van der Waals surface area contributed by atoms with E-state index in [2.05, 4.69) is 24.9 Å². The fourth-order valence-electron chi connectivity index (χ4n) is 2.44. The molecule has 0 radical (unpaired) electrons. The maximum absolute atomic E-state index is 12.1. The van der Waals surface area contributed by atoms with E-state index in [9.17, 15) is 4.79 Å². The van der Waals surface area contributed by atoms with Crippen molar-refractivity contribution in [3.8, 4) is 0 Å². The average molecular weight is 333 g/mol. The number of carbonyl (C=O) groups excluding carboxylic acids is 1. The minimum Gasteiger partial charge on any atom is -0.370 e. The zero-order valence-corrected chi connectivity index (χ0v) is 13.8. The second-order valence-electron chi connectivity index (χ2n) is 5.39. The van der Waals surface area contributed by atoms with Crippen LogP contribution in [0.5, 0.6) is 0 Å². The highest BCUT2D eigenvalue weighted by Gasteiger charge is 2.19. The second-order valence-corrected chi connectivity index (χ2v) is 6.14.